The van der Waals surface area contributed by atoms with Gasteiger partial charge in [0, 0.05) is 25.1 Å². The van der Waals surface area contributed by atoms with Gasteiger partial charge in [-0.1, -0.05) is 12.1 Å². The van der Waals surface area contributed by atoms with E-state index in [1.165, 1.54) is 10.9 Å². The summed E-state index contributed by atoms with van der Waals surface area (Å²) >= 11 is 0. The zero-order chi connectivity index (χ0) is 19.7. The van der Waals surface area contributed by atoms with Crippen LogP contribution in [-0.4, -0.2) is 35.7 Å². The average Bonchev–Trinajstić information content (AvgIpc) is 2.73. The van der Waals surface area contributed by atoms with Crippen LogP contribution in [0.2, 0.25) is 0 Å². The van der Waals surface area contributed by atoms with Crippen molar-refractivity contribution in [2.45, 2.75) is 6.42 Å². The van der Waals surface area contributed by atoms with Crippen LogP contribution < -0.4 is 20.3 Å². The molecular weight excluding hydrogens is 358 g/mol. The molecule has 0 saturated carbocycles. The van der Waals surface area contributed by atoms with Gasteiger partial charge >= 0.3 is 0 Å². The van der Waals surface area contributed by atoms with Crippen molar-refractivity contribution in [3.05, 3.63) is 64.2 Å². The Morgan fingerprint density at radius 3 is 3.04 bits per heavy atom. The number of nitrogens with zero attached hydrogens (tertiary/aromatic N) is 2. The second kappa shape index (κ2) is 7.34. The smallest absolute Gasteiger partial charge is 0.260 e. The number of aryl methyl sites for hydroxylation is 1. The third-order valence-electron chi connectivity index (χ3n) is 4.98. The second-order valence-corrected chi connectivity index (χ2v) is 6.93. The number of hydrogen-bond acceptors (Lipinski definition) is 5. The molecule has 1 aliphatic heterocycles. The molecular formula is C21H21N3O4. The van der Waals surface area contributed by atoms with E-state index in [1.54, 1.807) is 32.4 Å². The lowest BCUT2D eigenvalue weighted by atomic mass is 9.96. The number of amides is 1. The minimum absolute atomic E-state index is 0.134. The molecule has 28 heavy (non-hydrogen) atoms. The molecule has 0 bridgehead atoms. The van der Waals surface area contributed by atoms with E-state index in [2.05, 4.69) is 10.3 Å². The lowest BCUT2D eigenvalue weighted by molar-refractivity contribution is 0.0938. The Hall–Kier alpha value is -3.35. The highest BCUT2D eigenvalue weighted by molar-refractivity contribution is 5.97. The van der Waals surface area contributed by atoms with Gasteiger partial charge in [-0.15, -0.1) is 0 Å². The molecule has 1 aliphatic rings. The standard InChI is InChI=1S/C21H21N3O4/c1-24-12-23-17-9-15(6-7-16(17)21(24)26)20(25)22-10-13-8-14-4-3-5-18(27-2)19(14)28-11-13/h3-7,9,12-13H,8,10-11H2,1-2H3,(H,22,25). The minimum Gasteiger partial charge on any atom is -0.493 e. The summed E-state index contributed by atoms with van der Waals surface area (Å²) in [6.07, 6.45) is 2.26. The first-order valence-corrected chi connectivity index (χ1v) is 9.09. The summed E-state index contributed by atoms with van der Waals surface area (Å²) in [5.74, 6) is 1.50. The molecule has 7 nitrogen and oxygen atoms in total. The molecule has 1 N–H and O–H groups in total. The van der Waals surface area contributed by atoms with Gasteiger partial charge in [0.05, 0.1) is 30.9 Å². The molecule has 0 saturated heterocycles. The molecule has 0 radical (unpaired) electrons. The fourth-order valence-corrected chi connectivity index (χ4v) is 3.44. The van der Waals surface area contributed by atoms with Crippen molar-refractivity contribution in [1.82, 2.24) is 14.9 Å². The van der Waals surface area contributed by atoms with Gasteiger partial charge in [-0.3, -0.25) is 9.59 Å². The Morgan fingerprint density at radius 1 is 1.36 bits per heavy atom. The van der Waals surface area contributed by atoms with E-state index >= 15 is 0 Å². The Bertz CT molecular complexity index is 1110. The topological polar surface area (TPSA) is 82.5 Å². The van der Waals surface area contributed by atoms with E-state index in [0.717, 1.165) is 23.5 Å². The van der Waals surface area contributed by atoms with Gasteiger partial charge in [0.2, 0.25) is 0 Å². The summed E-state index contributed by atoms with van der Waals surface area (Å²) in [7, 11) is 3.27. The Kier molecular flexibility index (Phi) is 4.73. The zero-order valence-corrected chi connectivity index (χ0v) is 15.8. The van der Waals surface area contributed by atoms with Gasteiger partial charge in [0.15, 0.2) is 11.5 Å². The molecule has 0 fully saturated rings. The summed E-state index contributed by atoms with van der Waals surface area (Å²) in [4.78, 5) is 28.9. The minimum atomic E-state index is -0.194. The molecule has 3 aromatic rings. The van der Waals surface area contributed by atoms with Crippen LogP contribution in [0, 0.1) is 5.92 Å². The fourth-order valence-electron chi connectivity index (χ4n) is 3.44. The predicted octanol–water partition coefficient (Wildman–Crippen LogP) is 1.92. The molecule has 144 valence electrons. The van der Waals surface area contributed by atoms with Gasteiger partial charge < -0.3 is 19.4 Å². The highest BCUT2D eigenvalue weighted by Crippen LogP contribution is 2.35. The van der Waals surface area contributed by atoms with Crippen molar-refractivity contribution in [2.75, 3.05) is 20.3 Å². The van der Waals surface area contributed by atoms with Crippen LogP contribution in [0.5, 0.6) is 11.5 Å². The third-order valence-corrected chi connectivity index (χ3v) is 4.98. The number of rotatable bonds is 4. The summed E-state index contributed by atoms with van der Waals surface area (Å²) in [6.45, 7) is 1.01. The van der Waals surface area contributed by atoms with Crippen LogP contribution in [0.3, 0.4) is 0 Å². The first kappa shape index (κ1) is 18.0. The SMILES string of the molecule is COc1cccc2c1OCC(CNC(=O)c1ccc3c(=O)n(C)cnc3c1)C2. The number of hydrogen-bond donors (Lipinski definition) is 1. The quantitative estimate of drug-likeness (QED) is 0.749. The van der Waals surface area contributed by atoms with Crippen LogP contribution in [0.25, 0.3) is 10.9 Å². The van der Waals surface area contributed by atoms with Gasteiger partial charge in [0.1, 0.15) is 0 Å². The lowest BCUT2D eigenvalue weighted by Crippen LogP contribution is -2.34. The van der Waals surface area contributed by atoms with Crippen LogP contribution in [0.1, 0.15) is 15.9 Å². The molecule has 2 heterocycles. The lowest BCUT2D eigenvalue weighted by Gasteiger charge is -2.26. The Balaban J connectivity index is 1.44. The van der Waals surface area contributed by atoms with E-state index in [-0.39, 0.29) is 17.4 Å². The number of aromatic nitrogens is 2. The van der Waals surface area contributed by atoms with E-state index in [1.807, 2.05) is 18.2 Å². The van der Waals surface area contributed by atoms with Crippen LogP contribution in [0.4, 0.5) is 0 Å². The summed E-state index contributed by atoms with van der Waals surface area (Å²) in [5.41, 5.74) is 1.94. The highest BCUT2D eigenvalue weighted by Gasteiger charge is 2.23. The molecule has 0 spiro atoms. The van der Waals surface area contributed by atoms with E-state index in [0.29, 0.717) is 29.6 Å². The second-order valence-electron chi connectivity index (χ2n) is 6.93. The number of methoxy groups -OCH3 is 1. The summed E-state index contributed by atoms with van der Waals surface area (Å²) in [5, 5.41) is 3.45. The van der Waals surface area contributed by atoms with Crippen LogP contribution >= 0.6 is 0 Å². The normalized spacial score (nSPS) is 15.6. The van der Waals surface area contributed by atoms with Crippen molar-refractivity contribution in [2.24, 2.45) is 13.0 Å². The number of ether oxygens (including phenoxy) is 2. The third kappa shape index (κ3) is 3.31. The Labute approximate surface area is 161 Å². The number of carbonyl (C=O) groups excluding carboxylic acids is 1. The highest BCUT2D eigenvalue weighted by atomic mass is 16.5. The molecule has 1 amide bonds. The Morgan fingerprint density at radius 2 is 2.21 bits per heavy atom. The number of nitrogens with one attached hydrogen (secondary N) is 1. The van der Waals surface area contributed by atoms with Gasteiger partial charge in [-0.05, 0) is 36.2 Å². The van der Waals surface area contributed by atoms with Gasteiger partial charge in [-0.2, -0.15) is 0 Å². The molecule has 1 atom stereocenters. The predicted molar refractivity (Wildman–Crippen MR) is 105 cm³/mol. The first-order chi connectivity index (χ1) is 13.6. The average molecular weight is 379 g/mol. The van der Waals surface area contributed by atoms with Crippen molar-refractivity contribution in [1.29, 1.82) is 0 Å². The van der Waals surface area contributed by atoms with Crippen LogP contribution in [-0.2, 0) is 13.5 Å². The van der Waals surface area contributed by atoms with Crippen LogP contribution in [0.15, 0.2) is 47.5 Å². The van der Waals surface area contributed by atoms with Gasteiger partial charge in [0.25, 0.3) is 11.5 Å². The molecule has 0 aliphatic carbocycles. The fraction of sp³-hybridized carbons (Fsp3) is 0.286. The number of fused-ring (bicyclic) bond motifs is 2. The van der Waals surface area contributed by atoms with Crippen molar-refractivity contribution in [3.63, 3.8) is 0 Å². The number of carbonyl (C=O) groups is 1. The van der Waals surface area contributed by atoms with E-state index in [4.69, 9.17) is 9.47 Å². The molecule has 1 aromatic heterocycles. The van der Waals surface area contributed by atoms with Gasteiger partial charge in [-0.25, -0.2) is 4.98 Å². The number of para-hydroxylation sites is 1. The van der Waals surface area contributed by atoms with E-state index < -0.39 is 0 Å². The molecule has 4 rings (SSSR count). The van der Waals surface area contributed by atoms with Crippen molar-refractivity contribution < 1.29 is 14.3 Å². The first-order valence-electron chi connectivity index (χ1n) is 9.09. The van der Waals surface area contributed by atoms with Crippen molar-refractivity contribution >= 4 is 16.8 Å². The maximum atomic E-state index is 12.5. The number of benzene rings is 2. The molecule has 2 aromatic carbocycles. The zero-order valence-electron chi connectivity index (χ0n) is 15.8. The summed E-state index contributed by atoms with van der Waals surface area (Å²) < 4.78 is 12.6. The van der Waals surface area contributed by atoms with E-state index in [9.17, 15) is 9.59 Å². The monoisotopic (exact) mass is 379 g/mol. The molecule has 1 unspecified atom stereocenters. The summed E-state index contributed by atoms with van der Waals surface area (Å²) in [6, 6.07) is 10.8. The van der Waals surface area contributed by atoms with Crippen molar-refractivity contribution in [3.8, 4) is 11.5 Å². The largest absolute Gasteiger partial charge is 0.493 e. The molecule has 7 heteroatoms. The maximum absolute atomic E-state index is 12.5. The maximum Gasteiger partial charge on any atom is 0.260 e.